The molecule has 3 amide bonds. The predicted octanol–water partition coefficient (Wildman–Crippen LogP) is 2.64. The fourth-order valence-electron chi connectivity index (χ4n) is 3.22. The molecule has 1 aliphatic heterocycles. The summed E-state index contributed by atoms with van der Waals surface area (Å²) in [5, 5.41) is 5.50. The molecule has 0 bridgehead atoms. The number of methoxy groups -OCH3 is 1. The fraction of sp³-hybridized carbons (Fsp3) is 0.286. The minimum Gasteiger partial charge on any atom is -0.495 e. The van der Waals surface area contributed by atoms with Gasteiger partial charge in [-0.05, 0) is 23.8 Å². The number of rotatable bonds is 6. The molecule has 1 heterocycles. The third-order valence-corrected chi connectivity index (χ3v) is 4.58. The Bertz CT molecular complexity index is 882. The van der Waals surface area contributed by atoms with Crippen molar-refractivity contribution in [3.8, 4) is 5.75 Å². The van der Waals surface area contributed by atoms with E-state index in [-0.39, 0.29) is 24.1 Å². The normalized spacial score (nSPS) is 16.0. The first-order chi connectivity index (χ1) is 13.5. The Morgan fingerprint density at radius 3 is 2.57 bits per heavy atom. The van der Waals surface area contributed by atoms with Crippen LogP contribution >= 0.6 is 0 Å². The number of carbonyl (C=O) groups excluding carboxylic acids is 3. The predicted molar refractivity (Wildman–Crippen MR) is 106 cm³/mol. The molecule has 28 heavy (non-hydrogen) atoms. The molecule has 0 spiro atoms. The number of ether oxygens (including phenoxy) is 1. The molecular weight excluding hydrogens is 358 g/mol. The van der Waals surface area contributed by atoms with Crippen LogP contribution in [-0.2, 0) is 20.9 Å². The molecule has 146 valence electrons. The highest BCUT2D eigenvalue weighted by atomic mass is 16.5. The molecule has 2 aromatic carbocycles. The Hall–Kier alpha value is -3.35. The van der Waals surface area contributed by atoms with Gasteiger partial charge in [-0.2, -0.15) is 0 Å². The van der Waals surface area contributed by atoms with E-state index < -0.39 is 5.92 Å². The Kier molecular flexibility index (Phi) is 5.93. The monoisotopic (exact) mass is 381 g/mol. The van der Waals surface area contributed by atoms with Gasteiger partial charge in [0.05, 0.1) is 18.7 Å². The number of carbonyl (C=O) groups is 3. The molecule has 2 N–H and O–H groups in total. The Morgan fingerprint density at radius 2 is 1.89 bits per heavy atom. The third kappa shape index (κ3) is 4.68. The van der Waals surface area contributed by atoms with Crippen LogP contribution in [0.5, 0.6) is 5.75 Å². The average Bonchev–Trinajstić information content (AvgIpc) is 3.03. The lowest BCUT2D eigenvalue weighted by Crippen LogP contribution is -2.28. The molecule has 0 aromatic heterocycles. The SMILES string of the molecule is COc1ccc(NC(=O)C2CC(=O)N(Cc3ccccc3)C2)cc1NC(C)=O. The van der Waals surface area contributed by atoms with Gasteiger partial charge in [-0.15, -0.1) is 0 Å². The number of anilines is 2. The lowest BCUT2D eigenvalue weighted by molar-refractivity contribution is -0.128. The second-order valence-electron chi connectivity index (χ2n) is 6.75. The van der Waals surface area contributed by atoms with Crippen molar-refractivity contribution in [2.45, 2.75) is 19.9 Å². The number of likely N-dealkylation sites (tertiary alicyclic amines) is 1. The van der Waals surface area contributed by atoms with Crippen molar-refractivity contribution < 1.29 is 19.1 Å². The van der Waals surface area contributed by atoms with E-state index in [1.165, 1.54) is 14.0 Å². The smallest absolute Gasteiger partial charge is 0.229 e. The quantitative estimate of drug-likeness (QED) is 0.805. The van der Waals surface area contributed by atoms with Gasteiger partial charge >= 0.3 is 0 Å². The summed E-state index contributed by atoms with van der Waals surface area (Å²) in [5.41, 5.74) is 2.04. The molecule has 1 unspecified atom stereocenters. The Labute approximate surface area is 163 Å². The number of nitrogens with zero attached hydrogens (tertiary/aromatic N) is 1. The summed E-state index contributed by atoms with van der Waals surface area (Å²) >= 11 is 0. The van der Waals surface area contributed by atoms with Gasteiger partial charge in [-0.25, -0.2) is 0 Å². The largest absolute Gasteiger partial charge is 0.495 e. The summed E-state index contributed by atoms with van der Waals surface area (Å²) in [7, 11) is 1.50. The van der Waals surface area contributed by atoms with Crippen LogP contribution in [0.2, 0.25) is 0 Å². The van der Waals surface area contributed by atoms with Gasteiger partial charge < -0.3 is 20.3 Å². The van der Waals surface area contributed by atoms with Gasteiger partial charge in [-0.1, -0.05) is 30.3 Å². The van der Waals surface area contributed by atoms with Crippen molar-refractivity contribution in [3.05, 3.63) is 54.1 Å². The van der Waals surface area contributed by atoms with Gasteiger partial charge in [0.1, 0.15) is 5.75 Å². The zero-order valence-electron chi connectivity index (χ0n) is 15.9. The molecule has 0 aliphatic carbocycles. The van der Waals surface area contributed by atoms with Crippen molar-refractivity contribution in [2.24, 2.45) is 5.92 Å². The molecule has 7 heteroatoms. The lowest BCUT2D eigenvalue weighted by Gasteiger charge is -2.17. The number of amides is 3. The summed E-state index contributed by atoms with van der Waals surface area (Å²) in [6.07, 6.45) is 0.188. The van der Waals surface area contributed by atoms with Crippen LogP contribution in [0.15, 0.2) is 48.5 Å². The van der Waals surface area contributed by atoms with E-state index in [4.69, 9.17) is 4.74 Å². The van der Waals surface area contributed by atoms with Crippen LogP contribution < -0.4 is 15.4 Å². The molecule has 0 saturated carbocycles. The van der Waals surface area contributed by atoms with Crippen LogP contribution in [0.25, 0.3) is 0 Å². The minimum atomic E-state index is -0.414. The van der Waals surface area contributed by atoms with Crippen molar-refractivity contribution in [2.75, 3.05) is 24.3 Å². The number of nitrogens with one attached hydrogen (secondary N) is 2. The number of hydrogen-bond acceptors (Lipinski definition) is 4. The molecule has 3 rings (SSSR count). The Balaban J connectivity index is 1.65. The maximum absolute atomic E-state index is 12.6. The van der Waals surface area contributed by atoms with Crippen molar-refractivity contribution in [3.63, 3.8) is 0 Å². The Morgan fingerprint density at radius 1 is 1.14 bits per heavy atom. The van der Waals surface area contributed by atoms with Gasteiger partial charge in [0.15, 0.2) is 0 Å². The zero-order valence-corrected chi connectivity index (χ0v) is 15.9. The molecule has 1 atom stereocenters. The summed E-state index contributed by atoms with van der Waals surface area (Å²) in [6, 6.07) is 14.7. The van der Waals surface area contributed by atoms with Crippen LogP contribution in [-0.4, -0.2) is 36.3 Å². The van der Waals surface area contributed by atoms with E-state index in [1.807, 2.05) is 30.3 Å². The van der Waals surface area contributed by atoms with E-state index >= 15 is 0 Å². The van der Waals surface area contributed by atoms with Crippen molar-refractivity contribution >= 4 is 29.1 Å². The maximum Gasteiger partial charge on any atom is 0.229 e. The minimum absolute atomic E-state index is 0.0299. The summed E-state index contributed by atoms with van der Waals surface area (Å²) in [5.74, 6) is -0.402. The van der Waals surface area contributed by atoms with Crippen molar-refractivity contribution in [1.29, 1.82) is 0 Å². The van der Waals surface area contributed by atoms with Crippen LogP contribution in [0.4, 0.5) is 11.4 Å². The standard InChI is InChI=1S/C21H23N3O4/c1-14(25)22-18-11-17(8-9-19(18)28-2)23-21(27)16-10-20(26)24(13-16)12-15-6-4-3-5-7-15/h3-9,11,16H,10,12-13H2,1-2H3,(H,22,25)(H,23,27). The van der Waals surface area contributed by atoms with Crippen LogP contribution in [0.3, 0.4) is 0 Å². The van der Waals surface area contributed by atoms with E-state index in [0.29, 0.717) is 30.2 Å². The van der Waals surface area contributed by atoms with E-state index in [1.54, 1.807) is 23.1 Å². The summed E-state index contributed by atoms with van der Waals surface area (Å²) in [6.45, 7) is 2.28. The van der Waals surface area contributed by atoms with Crippen LogP contribution in [0.1, 0.15) is 18.9 Å². The second kappa shape index (κ2) is 8.56. The first-order valence-corrected chi connectivity index (χ1v) is 9.04. The number of hydrogen-bond donors (Lipinski definition) is 2. The van der Waals surface area contributed by atoms with Crippen LogP contribution in [0, 0.1) is 5.92 Å². The van der Waals surface area contributed by atoms with Gasteiger partial charge in [-0.3, -0.25) is 14.4 Å². The van der Waals surface area contributed by atoms with E-state index in [9.17, 15) is 14.4 Å². The van der Waals surface area contributed by atoms with Crippen molar-refractivity contribution in [1.82, 2.24) is 4.90 Å². The maximum atomic E-state index is 12.6. The highest BCUT2D eigenvalue weighted by molar-refractivity contribution is 5.98. The molecule has 0 radical (unpaired) electrons. The first-order valence-electron chi connectivity index (χ1n) is 9.04. The summed E-state index contributed by atoms with van der Waals surface area (Å²) < 4.78 is 5.21. The lowest BCUT2D eigenvalue weighted by atomic mass is 10.1. The topological polar surface area (TPSA) is 87.7 Å². The van der Waals surface area contributed by atoms with Gasteiger partial charge in [0.25, 0.3) is 0 Å². The fourth-order valence-corrected chi connectivity index (χ4v) is 3.22. The number of benzene rings is 2. The molecule has 2 aromatic rings. The van der Waals surface area contributed by atoms with E-state index in [0.717, 1.165) is 5.56 Å². The highest BCUT2D eigenvalue weighted by Gasteiger charge is 2.34. The van der Waals surface area contributed by atoms with E-state index in [2.05, 4.69) is 10.6 Å². The molecule has 1 saturated heterocycles. The van der Waals surface area contributed by atoms with Gasteiger partial charge in [0, 0.05) is 32.1 Å². The first kappa shape index (κ1) is 19.4. The van der Waals surface area contributed by atoms with Gasteiger partial charge in [0.2, 0.25) is 17.7 Å². The second-order valence-corrected chi connectivity index (χ2v) is 6.75. The zero-order chi connectivity index (χ0) is 20.1. The summed E-state index contributed by atoms with van der Waals surface area (Å²) in [4.78, 5) is 38.0. The highest BCUT2D eigenvalue weighted by Crippen LogP contribution is 2.29. The molecule has 1 fully saturated rings. The third-order valence-electron chi connectivity index (χ3n) is 4.58. The molecular formula is C21H23N3O4. The average molecular weight is 381 g/mol. The molecule has 1 aliphatic rings. The molecule has 7 nitrogen and oxygen atoms in total.